The van der Waals surface area contributed by atoms with Crippen LogP contribution in [0.1, 0.15) is 20.8 Å². The molecule has 0 atom stereocenters. The van der Waals surface area contributed by atoms with Gasteiger partial charge in [0.25, 0.3) is 11.8 Å². The number of rotatable bonds is 4. The van der Waals surface area contributed by atoms with E-state index in [1.807, 2.05) is 0 Å². The number of aromatic nitrogens is 1. The summed E-state index contributed by atoms with van der Waals surface area (Å²) in [5.74, 6) is -0.809. The Balaban J connectivity index is 1.75. The lowest BCUT2D eigenvalue weighted by Crippen LogP contribution is -2.17. The summed E-state index contributed by atoms with van der Waals surface area (Å²) in [5.41, 5.74) is 1.52. The van der Waals surface area contributed by atoms with E-state index >= 15 is 0 Å². The minimum Gasteiger partial charge on any atom is -0.322 e. The summed E-state index contributed by atoms with van der Waals surface area (Å²) in [6.07, 6.45) is 1.40. The van der Waals surface area contributed by atoms with Crippen LogP contribution in [0.25, 0.3) is 0 Å². The average Bonchev–Trinajstić information content (AvgIpc) is 2.62. The molecule has 0 aliphatic carbocycles. The van der Waals surface area contributed by atoms with Crippen molar-refractivity contribution in [2.75, 3.05) is 10.6 Å². The van der Waals surface area contributed by atoms with Crippen LogP contribution in [-0.2, 0) is 0 Å². The average molecular weight is 386 g/mol. The number of nitrogens with zero attached hydrogens (tertiary/aromatic N) is 1. The molecule has 0 saturated heterocycles. The molecule has 5 nitrogen and oxygen atoms in total. The van der Waals surface area contributed by atoms with Crippen molar-refractivity contribution in [3.63, 3.8) is 0 Å². The summed E-state index contributed by atoms with van der Waals surface area (Å²) < 4.78 is 0. The van der Waals surface area contributed by atoms with Gasteiger partial charge in [0.05, 0.1) is 0 Å². The minimum atomic E-state index is -0.440. The van der Waals surface area contributed by atoms with Crippen molar-refractivity contribution in [2.24, 2.45) is 0 Å². The predicted molar refractivity (Wildman–Crippen MR) is 103 cm³/mol. The standard InChI is InChI=1S/C19H13Cl2N3O2/c20-13-3-1-5-15(10-13)23-18(25)12-7-8-22-17(9-12)19(26)24-16-6-2-4-14(21)11-16/h1-11H,(H,23,25)(H,24,26). The Morgan fingerprint density at radius 3 is 1.92 bits per heavy atom. The van der Waals surface area contributed by atoms with Gasteiger partial charge < -0.3 is 10.6 Å². The molecule has 130 valence electrons. The first-order valence-corrected chi connectivity index (χ1v) is 8.37. The van der Waals surface area contributed by atoms with Gasteiger partial charge >= 0.3 is 0 Å². The highest BCUT2D eigenvalue weighted by Gasteiger charge is 2.13. The van der Waals surface area contributed by atoms with Gasteiger partial charge in [-0.05, 0) is 48.5 Å². The van der Waals surface area contributed by atoms with E-state index in [1.54, 1.807) is 48.5 Å². The first-order valence-electron chi connectivity index (χ1n) is 7.61. The Bertz CT molecular complexity index is 902. The number of halogens is 2. The summed E-state index contributed by atoms with van der Waals surface area (Å²) in [7, 11) is 0. The van der Waals surface area contributed by atoms with Gasteiger partial charge in [-0.3, -0.25) is 14.6 Å². The van der Waals surface area contributed by atoms with E-state index < -0.39 is 5.91 Å². The van der Waals surface area contributed by atoms with E-state index in [4.69, 9.17) is 23.2 Å². The monoisotopic (exact) mass is 385 g/mol. The number of hydrogen-bond acceptors (Lipinski definition) is 3. The van der Waals surface area contributed by atoms with Gasteiger partial charge in [0, 0.05) is 33.2 Å². The maximum atomic E-state index is 12.4. The summed E-state index contributed by atoms with van der Waals surface area (Å²) >= 11 is 11.8. The lowest BCUT2D eigenvalue weighted by molar-refractivity contribution is 0.102. The van der Waals surface area contributed by atoms with Crippen LogP contribution in [0, 0.1) is 0 Å². The van der Waals surface area contributed by atoms with Gasteiger partial charge in [0.2, 0.25) is 0 Å². The number of carbonyl (C=O) groups is 2. The first-order chi connectivity index (χ1) is 12.5. The van der Waals surface area contributed by atoms with Gasteiger partial charge in [-0.2, -0.15) is 0 Å². The molecule has 2 aromatic carbocycles. The van der Waals surface area contributed by atoms with Gasteiger partial charge in [0.15, 0.2) is 0 Å². The number of amides is 2. The molecule has 0 aliphatic heterocycles. The quantitative estimate of drug-likeness (QED) is 0.671. The Morgan fingerprint density at radius 1 is 0.769 bits per heavy atom. The Kier molecular flexibility index (Phi) is 5.51. The highest BCUT2D eigenvalue weighted by atomic mass is 35.5. The zero-order valence-electron chi connectivity index (χ0n) is 13.4. The van der Waals surface area contributed by atoms with E-state index in [9.17, 15) is 9.59 Å². The second-order valence-corrected chi connectivity index (χ2v) is 6.23. The Morgan fingerprint density at radius 2 is 1.35 bits per heavy atom. The zero-order chi connectivity index (χ0) is 18.5. The fraction of sp³-hybridized carbons (Fsp3) is 0. The predicted octanol–water partition coefficient (Wildman–Crippen LogP) is 4.89. The maximum Gasteiger partial charge on any atom is 0.274 e. The molecule has 0 spiro atoms. The van der Waals surface area contributed by atoms with Gasteiger partial charge in [-0.15, -0.1) is 0 Å². The van der Waals surface area contributed by atoms with E-state index in [0.717, 1.165) is 0 Å². The Labute approximate surface area is 160 Å². The largest absolute Gasteiger partial charge is 0.322 e. The Hall–Kier alpha value is -2.89. The van der Waals surface area contributed by atoms with Crippen LogP contribution in [0.3, 0.4) is 0 Å². The number of pyridine rings is 1. The van der Waals surface area contributed by atoms with Gasteiger partial charge in [-0.25, -0.2) is 0 Å². The first kappa shape index (κ1) is 17.9. The van der Waals surface area contributed by atoms with Crippen molar-refractivity contribution < 1.29 is 9.59 Å². The third-order valence-electron chi connectivity index (χ3n) is 3.42. The van der Waals surface area contributed by atoms with E-state index in [0.29, 0.717) is 27.0 Å². The van der Waals surface area contributed by atoms with Crippen LogP contribution >= 0.6 is 23.2 Å². The van der Waals surface area contributed by atoms with E-state index in [-0.39, 0.29) is 11.6 Å². The number of benzene rings is 2. The molecule has 0 fully saturated rings. The highest BCUT2D eigenvalue weighted by Crippen LogP contribution is 2.17. The van der Waals surface area contributed by atoms with Crippen molar-refractivity contribution in [3.8, 4) is 0 Å². The van der Waals surface area contributed by atoms with Crippen molar-refractivity contribution in [2.45, 2.75) is 0 Å². The lowest BCUT2D eigenvalue weighted by Gasteiger charge is -2.08. The maximum absolute atomic E-state index is 12.4. The second kappa shape index (κ2) is 7.99. The van der Waals surface area contributed by atoms with Crippen LogP contribution in [0.5, 0.6) is 0 Å². The molecule has 0 bridgehead atoms. The summed E-state index contributed by atoms with van der Waals surface area (Å²) in [6.45, 7) is 0. The van der Waals surface area contributed by atoms with Gasteiger partial charge in [0.1, 0.15) is 5.69 Å². The molecule has 0 unspecified atom stereocenters. The van der Waals surface area contributed by atoms with Crippen molar-refractivity contribution in [1.82, 2.24) is 4.98 Å². The third kappa shape index (κ3) is 4.59. The molecule has 0 radical (unpaired) electrons. The molecule has 0 saturated carbocycles. The summed E-state index contributed by atoms with van der Waals surface area (Å²) in [5, 5.41) is 6.43. The number of carbonyl (C=O) groups excluding carboxylic acids is 2. The van der Waals surface area contributed by atoms with Crippen LogP contribution in [0.4, 0.5) is 11.4 Å². The fourth-order valence-electron chi connectivity index (χ4n) is 2.23. The second-order valence-electron chi connectivity index (χ2n) is 5.36. The molecule has 2 amide bonds. The number of nitrogens with one attached hydrogen (secondary N) is 2. The SMILES string of the molecule is O=C(Nc1cccc(Cl)c1)c1ccnc(C(=O)Nc2cccc(Cl)c2)c1. The molecule has 2 N–H and O–H groups in total. The summed E-state index contributed by atoms with van der Waals surface area (Å²) in [4.78, 5) is 28.7. The smallest absolute Gasteiger partial charge is 0.274 e. The molecule has 3 rings (SSSR count). The molecular weight excluding hydrogens is 373 g/mol. The van der Waals surface area contributed by atoms with Crippen molar-refractivity contribution in [1.29, 1.82) is 0 Å². The number of hydrogen-bond donors (Lipinski definition) is 2. The highest BCUT2D eigenvalue weighted by molar-refractivity contribution is 6.31. The fourth-order valence-corrected chi connectivity index (χ4v) is 2.61. The zero-order valence-corrected chi connectivity index (χ0v) is 14.9. The molecule has 1 aromatic heterocycles. The van der Waals surface area contributed by atoms with Crippen molar-refractivity contribution in [3.05, 3.63) is 88.2 Å². The number of anilines is 2. The van der Waals surface area contributed by atoms with Crippen LogP contribution in [0.15, 0.2) is 66.9 Å². The summed E-state index contributed by atoms with van der Waals surface area (Å²) in [6, 6.07) is 16.5. The van der Waals surface area contributed by atoms with Gasteiger partial charge in [-0.1, -0.05) is 35.3 Å². The topological polar surface area (TPSA) is 71.1 Å². The molecule has 3 aromatic rings. The van der Waals surface area contributed by atoms with Crippen LogP contribution < -0.4 is 10.6 Å². The van der Waals surface area contributed by atoms with Crippen molar-refractivity contribution >= 4 is 46.4 Å². The van der Waals surface area contributed by atoms with E-state index in [1.165, 1.54) is 18.3 Å². The lowest BCUT2D eigenvalue weighted by atomic mass is 10.2. The third-order valence-corrected chi connectivity index (χ3v) is 3.89. The molecular formula is C19H13Cl2N3O2. The minimum absolute atomic E-state index is 0.115. The normalized spacial score (nSPS) is 10.2. The van der Waals surface area contributed by atoms with Crippen LogP contribution in [0.2, 0.25) is 10.0 Å². The molecule has 1 heterocycles. The van der Waals surface area contributed by atoms with E-state index in [2.05, 4.69) is 15.6 Å². The van der Waals surface area contributed by atoms with Crippen LogP contribution in [-0.4, -0.2) is 16.8 Å². The molecule has 7 heteroatoms. The molecule has 26 heavy (non-hydrogen) atoms. The molecule has 0 aliphatic rings.